The summed E-state index contributed by atoms with van der Waals surface area (Å²) < 4.78 is 46.9. The summed E-state index contributed by atoms with van der Waals surface area (Å²) in [6, 6.07) is 13.7. The van der Waals surface area contributed by atoms with Crippen molar-refractivity contribution in [3.63, 3.8) is 0 Å². The van der Waals surface area contributed by atoms with Gasteiger partial charge in [0.2, 0.25) is 0 Å². The number of nitrogens with two attached hydrogens (primary N) is 1. The summed E-state index contributed by atoms with van der Waals surface area (Å²) in [5.41, 5.74) is 8.46. The number of nitrogen functional groups attached to an aromatic ring is 1. The third-order valence-electron chi connectivity index (χ3n) is 6.85. The van der Waals surface area contributed by atoms with Crippen molar-refractivity contribution in [3.05, 3.63) is 77.6 Å². The lowest BCUT2D eigenvalue weighted by Crippen LogP contribution is -2.32. The van der Waals surface area contributed by atoms with Crippen LogP contribution in [0.4, 0.5) is 19.0 Å². The molecule has 4 heterocycles. The first kappa shape index (κ1) is 23.7. The van der Waals surface area contributed by atoms with Gasteiger partial charge in [-0.25, -0.2) is 9.97 Å². The number of aromatic nitrogens is 4. The number of likely N-dealkylation sites (N-methyl/N-ethyl adjacent to an activating group) is 1. The molecule has 8 nitrogen and oxygen atoms in total. The molecule has 6 rings (SSSR count). The van der Waals surface area contributed by atoms with Crippen LogP contribution in [0.15, 0.2) is 60.8 Å². The Labute approximate surface area is 214 Å². The Morgan fingerprint density at radius 2 is 1.92 bits per heavy atom. The Morgan fingerprint density at radius 3 is 2.71 bits per heavy atom. The second kappa shape index (κ2) is 8.44. The summed E-state index contributed by atoms with van der Waals surface area (Å²) >= 11 is 0. The van der Waals surface area contributed by atoms with E-state index >= 15 is 0 Å². The Balaban J connectivity index is 1.31. The summed E-state index contributed by atoms with van der Waals surface area (Å²) in [5, 5.41) is 5.74. The monoisotopic (exact) mass is 518 g/mol. The topological polar surface area (TPSA) is 99.2 Å². The smallest absolute Gasteiger partial charge is 0.433 e. The maximum atomic E-state index is 13.5. The van der Waals surface area contributed by atoms with Crippen molar-refractivity contribution in [2.24, 2.45) is 7.05 Å². The van der Waals surface area contributed by atoms with Gasteiger partial charge in [0, 0.05) is 36.2 Å². The molecule has 0 bridgehead atoms. The molecule has 5 aromatic rings. The molecule has 1 aliphatic rings. The fourth-order valence-corrected chi connectivity index (χ4v) is 4.86. The second-order valence-corrected chi connectivity index (χ2v) is 9.16. The molecule has 0 aliphatic carbocycles. The number of nitrogens with zero attached hydrogens (tertiary/aromatic N) is 5. The quantitative estimate of drug-likeness (QED) is 0.361. The average molecular weight is 518 g/mol. The number of rotatable bonds is 3. The van der Waals surface area contributed by atoms with Crippen molar-refractivity contribution in [3.8, 4) is 17.0 Å². The molecule has 2 N–H and O–H groups in total. The van der Waals surface area contributed by atoms with Gasteiger partial charge in [-0.15, -0.1) is 0 Å². The Hall–Kier alpha value is -4.67. The molecule has 1 amide bonds. The molecular weight excluding hydrogens is 497 g/mol. The number of amides is 1. The van der Waals surface area contributed by atoms with E-state index in [0.717, 1.165) is 22.5 Å². The molecule has 1 aliphatic heterocycles. The van der Waals surface area contributed by atoms with Gasteiger partial charge in [0.1, 0.15) is 23.9 Å². The van der Waals surface area contributed by atoms with Crippen LogP contribution in [0.1, 0.15) is 27.7 Å². The van der Waals surface area contributed by atoms with Crippen LogP contribution in [-0.2, 0) is 13.2 Å². The van der Waals surface area contributed by atoms with Gasteiger partial charge in [0.05, 0.1) is 34.4 Å². The number of carbonyl (C=O) groups is 1. The first-order chi connectivity index (χ1) is 18.1. The van der Waals surface area contributed by atoms with E-state index in [9.17, 15) is 18.0 Å². The minimum atomic E-state index is -4.54. The van der Waals surface area contributed by atoms with E-state index in [2.05, 4.69) is 15.1 Å². The van der Waals surface area contributed by atoms with Crippen LogP contribution >= 0.6 is 0 Å². The summed E-state index contributed by atoms with van der Waals surface area (Å²) in [6.07, 6.45) is -2.89. The Morgan fingerprint density at radius 1 is 1.11 bits per heavy atom. The molecule has 2 aromatic carbocycles. The van der Waals surface area contributed by atoms with Gasteiger partial charge in [-0.1, -0.05) is 18.2 Å². The lowest BCUT2D eigenvalue weighted by Gasteiger charge is -2.24. The number of aryl methyl sites for hydroxylation is 1. The number of ether oxygens (including phenoxy) is 1. The maximum absolute atomic E-state index is 13.5. The van der Waals surface area contributed by atoms with Crippen LogP contribution in [-0.4, -0.2) is 44.2 Å². The molecule has 0 spiro atoms. The van der Waals surface area contributed by atoms with Crippen molar-refractivity contribution < 1.29 is 22.7 Å². The summed E-state index contributed by atoms with van der Waals surface area (Å²) in [5.74, 6) is 0.654. The first-order valence-corrected chi connectivity index (χ1v) is 11.7. The van der Waals surface area contributed by atoms with Gasteiger partial charge in [0.25, 0.3) is 5.91 Å². The van der Waals surface area contributed by atoms with Crippen molar-refractivity contribution in [1.82, 2.24) is 24.6 Å². The first-order valence-electron chi connectivity index (χ1n) is 11.7. The van der Waals surface area contributed by atoms with Gasteiger partial charge >= 0.3 is 6.18 Å². The summed E-state index contributed by atoms with van der Waals surface area (Å²) in [7, 11) is 3.50. The zero-order valence-corrected chi connectivity index (χ0v) is 20.3. The third kappa shape index (κ3) is 3.78. The number of fused-ring (bicyclic) bond motifs is 4. The molecule has 38 heavy (non-hydrogen) atoms. The zero-order chi connectivity index (χ0) is 26.8. The van der Waals surface area contributed by atoms with Crippen LogP contribution in [0, 0.1) is 0 Å². The highest BCUT2D eigenvalue weighted by atomic mass is 19.4. The fraction of sp³-hybridized carbons (Fsp3) is 0.185. The van der Waals surface area contributed by atoms with E-state index in [0.29, 0.717) is 33.6 Å². The molecule has 192 valence electrons. The van der Waals surface area contributed by atoms with Crippen LogP contribution in [0.5, 0.6) is 5.75 Å². The van der Waals surface area contributed by atoms with Gasteiger partial charge < -0.3 is 15.4 Å². The fourth-order valence-electron chi connectivity index (χ4n) is 4.86. The number of alkyl halides is 3. The van der Waals surface area contributed by atoms with E-state index in [1.54, 1.807) is 66.3 Å². The summed E-state index contributed by atoms with van der Waals surface area (Å²) in [4.78, 5) is 23.3. The minimum Gasteiger partial charge on any atom is -0.491 e. The van der Waals surface area contributed by atoms with E-state index < -0.39 is 11.9 Å². The van der Waals surface area contributed by atoms with Gasteiger partial charge in [-0.05, 0) is 36.4 Å². The van der Waals surface area contributed by atoms with Gasteiger partial charge in [-0.2, -0.15) is 18.3 Å². The van der Waals surface area contributed by atoms with E-state index in [1.807, 2.05) is 0 Å². The number of anilines is 1. The van der Waals surface area contributed by atoms with Crippen LogP contribution in [0.3, 0.4) is 0 Å². The predicted molar refractivity (Wildman–Crippen MR) is 135 cm³/mol. The molecule has 0 radical (unpaired) electrons. The van der Waals surface area contributed by atoms with Crippen LogP contribution in [0.2, 0.25) is 0 Å². The number of benzene rings is 2. The standard InChI is InChI=1S/C27H21F3N6O2/c1-35(26(37)15-7-9-20-17(10-15)24-18(25(31)34-20)12-32-36(24)2)21-13-38-22-11-14(6-8-16(21)22)19-4-3-5-23(33-19)27(28,29)30/h3-12,21H,13H2,1-2H3,(H2,31,34)/t21-/m1/s1. The summed E-state index contributed by atoms with van der Waals surface area (Å²) in [6.45, 7) is 0.217. The number of hydrogen-bond acceptors (Lipinski definition) is 6. The minimum absolute atomic E-state index is 0.186. The molecule has 0 unspecified atom stereocenters. The highest BCUT2D eigenvalue weighted by molar-refractivity contribution is 6.10. The molecular formula is C27H21F3N6O2. The van der Waals surface area contributed by atoms with Gasteiger partial charge in [-0.3, -0.25) is 9.48 Å². The van der Waals surface area contributed by atoms with Crippen molar-refractivity contribution in [2.45, 2.75) is 12.2 Å². The molecule has 11 heteroatoms. The Bertz CT molecular complexity index is 1750. The van der Waals surface area contributed by atoms with Crippen molar-refractivity contribution >= 4 is 33.5 Å². The normalized spacial score (nSPS) is 15.0. The predicted octanol–water partition coefficient (Wildman–Crippen LogP) is 4.99. The van der Waals surface area contributed by atoms with Crippen LogP contribution in [0.25, 0.3) is 33.1 Å². The largest absolute Gasteiger partial charge is 0.491 e. The highest BCUT2D eigenvalue weighted by Gasteiger charge is 2.34. The third-order valence-corrected chi connectivity index (χ3v) is 6.85. The number of hydrogen-bond donors (Lipinski definition) is 1. The molecule has 0 saturated carbocycles. The molecule has 1 atom stereocenters. The number of halogens is 3. The van der Waals surface area contributed by atoms with Crippen LogP contribution < -0.4 is 10.5 Å². The second-order valence-electron chi connectivity index (χ2n) is 9.16. The average Bonchev–Trinajstić information content (AvgIpc) is 3.51. The lowest BCUT2D eigenvalue weighted by molar-refractivity contribution is -0.141. The lowest BCUT2D eigenvalue weighted by atomic mass is 10.0. The SMILES string of the molecule is CN(C(=O)c1ccc2nc(N)c3cnn(C)c3c2c1)[C@@H]1COc2cc(-c3cccc(C(F)(F)F)n3)ccc21. The molecule has 0 saturated heterocycles. The number of pyridine rings is 2. The maximum Gasteiger partial charge on any atom is 0.433 e. The molecule has 0 fully saturated rings. The van der Waals surface area contributed by atoms with E-state index in [1.165, 1.54) is 12.1 Å². The van der Waals surface area contributed by atoms with E-state index in [4.69, 9.17) is 10.5 Å². The van der Waals surface area contributed by atoms with Crippen molar-refractivity contribution in [1.29, 1.82) is 0 Å². The number of carbonyl (C=O) groups excluding carboxylic acids is 1. The molecule has 3 aromatic heterocycles. The van der Waals surface area contributed by atoms with E-state index in [-0.39, 0.29) is 24.2 Å². The highest BCUT2D eigenvalue weighted by Crippen LogP contribution is 2.39. The van der Waals surface area contributed by atoms with Crippen molar-refractivity contribution in [2.75, 3.05) is 19.4 Å². The van der Waals surface area contributed by atoms with Gasteiger partial charge in [0.15, 0.2) is 0 Å². The Kier molecular flexibility index (Phi) is 5.26. The zero-order valence-electron chi connectivity index (χ0n) is 20.3.